The molecule has 0 fully saturated rings. The quantitative estimate of drug-likeness (QED) is 0.581. The van der Waals surface area contributed by atoms with Gasteiger partial charge in [0.15, 0.2) is 0 Å². The lowest BCUT2D eigenvalue weighted by Gasteiger charge is -1.97. The first-order valence-electron chi connectivity index (χ1n) is 7.29. The van der Waals surface area contributed by atoms with Crippen LogP contribution < -0.4 is 5.43 Å². The maximum atomic E-state index is 12.9. The molecule has 0 aliphatic heterocycles. The molecular formula is C18H15FN2O3. The first kappa shape index (κ1) is 15.7. The third kappa shape index (κ3) is 3.43. The molecule has 1 aromatic carbocycles. The molecule has 0 radical (unpaired) electrons. The smallest absolute Gasteiger partial charge is 0.274 e. The summed E-state index contributed by atoms with van der Waals surface area (Å²) in [5.74, 6) is 1.60. The van der Waals surface area contributed by atoms with Crippen molar-refractivity contribution in [2.75, 3.05) is 0 Å². The fourth-order valence-corrected chi connectivity index (χ4v) is 2.26. The first-order valence-corrected chi connectivity index (χ1v) is 7.29. The van der Waals surface area contributed by atoms with Gasteiger partial charge < -0.3 is 8.83 Å². The molecule has 0 bridgehead atoms. The monoisotopic (exact) mass is 326 g/mol. The Balaban J connectivity index is 1.66. The van der Waals surface area contributed by atoms with Crippen LogP contribution in [-0.2, 0) is 0 Å². The second-order valence-corrected chi connectivity index (χ2v) is 5.23. The van der Waals surface area contributed by atoms with E-state index in [9.17, 15) is 9.18 Å². The van der Waals surface area contributed by atoms with E-state index in [1.807, 2.05) is 0 Å². The highest BCUT2D eigenvalue weighted by Crippen LogP contribution is 2.21. The predicted octanol–water partition coefficient (Wildman–Crippen LogP) is 4.06. The molecule has 0 spiro atoms. The van der Waals surface area contributed by atoms with Crippen LogP contribution in [-0.4, -0.2) is 12.1 Å². The molecule has 122 valence electrons. The van der Waals surface area contributed by atoms with Crippen LogP contribution in [0.4, 0.5) is 4.39 Å². The van der Waals surface area contributed by atoms with Gasteiger partial charge in [-0.15, -0.1) is 0 Å². The van der Waals surface area contributed by atoms with E-state index in [1.54, 1.807) is 44.2 Å². The minimum atomic E-state index is -0.356. The Kier molecular flexibility index (Phi) is 4.29. The summed E-state index contributed by atoms with van der Waals surface area (Å²) in [4.78, 5) is 12.0. The number of nitrogens with one attached hydrogen (secondary N) is 1. The van der Waals surface area contributed by atoms with Gasteiger partial charge in [0.25, 0.3) is 5.91 Å². The molecule has 0 saturated carbocycles. The van der Waals surface area contributed by atoms with Gasteiger partial charge in [-0.1, -0.05) is 0 Å². The van der Waals surface area contributed by atoms with Crippen molar-refractivity contribution >= 4 is 12.1 Å². The normalized spacial score (nSPS) is 11.1. The number of rotatable bonds is 4. The van der Waals surface area contributed by atoms with E-state index >= 15 is 0 Å². The van der Waals surface area contributed by atoms with E-state index in [1.165, 1.54) is 18.3 Å². The van der Waals surface area contributed by atoms with E-state index in [0.29, 0.717) is 28.6 Å². The Hall–Kier alpha value is -3.15. The Morgan fingerprint density at radius 3 is 2.54 bits per heavy atom. The zero-order chi connectivity index (χ0) is 17.1. The third-order valence-corrected chi connectivity index (χ3v) is 3.40. The number of nitrogens with zero attached hydrogens (tertiary/aromatic N) is 1. The van der Waals surface area contributed by atoms with Crippen LogP contribution >= 0.6 is 0 Å². The van der Waals surface area contributed by atoms with Crippen molar-refractivity contribution in [3.8, 4) is 11.3 Å². The van der Waals surface area contributed by atoms with Crippen molar-refractivity contribution in [1.29, 1.82) is 0 Å². The Morgan fingerprint density at radius 2 is 1.88 bits per heavy atom. The second-order valence-electron chi connectivity index (χ2n) is 5.23. The number of furan rings is 2. The highest BCUT2D eigenvalue weighted by atomic mass is 19.1. The van der Waals surface area contributed by atoms with Gasteiger partial charge in [0, 0.05) is 5.56 Å². The molecule has 0 aliphatic rings. The molecule has 6 heteroatoms. The minimum Gasteiger partial charge on any atom is -0.466 e. The summed E-state index contributed by atoms with van der Waals surface area (Å²) in [6.45, 7) is 3.49. The van der Waals surface area contributed by atoms with Gasteiger partial charge in [-0.25, -0.2) is 9.82 Å². The highest BCUT2D eigenvalue weighted by molar-refractivity contribution is 5.95. The van der Waals surface area contributed by atoms with Crippen LogP contribution in [0.15, 0.2) is 56.4 Å². The van der Waals surface area contributed by atoms with E-state index in [-0.39, 0.29) is 11.7 Å². The lowest BCUT2D eigenvalue weighted by atomic mass is 10.2. The lowest BCUT2D eigenvalue weighted by Crippen LogP contribution is -2.17. The molecule has 2 heterocycles. The summed E-state index contributed by atoms with van der Waals surface area (Å²) >= 11 is 0. The van der Waals surface area contributed by atoms with Gasteiger partial charge >= 0.3 is 0 Å². The van der Waals surface area contributed by atoms with E-state index in [0.717, 1.165) is 5.56 Å². The summed E-state index contributed by atoms with van der Waals surface area (Å²) in [7, 11) is 0. The number of carbonyl (C=O) groups is 1. The standard InChI is InChI=1S/C18H15FN2O3/c1-11-9-16(12(2)23-11)18(22)21-20-10-15-7-8-17(24-15)13-3-5-14(19)6-4-13/h3-10H,1-2H3,(H,21,22)/b20-10+. The zero-order valence-corrected chi connectivity index (χ0v) is 13.2. The molecule has 2 aromatic heterocycles. The maximum Gasteiger partial charge on any atom is 0.274 e. The molecule has 0 aliphatic carbocycles. The fourth-order valence-electron chi connectivity index (χ4n) is 2.26. The molecule has 1 N–H and O–H groups in total. The van der Waals surface area contributed by atoms with Crippen LogP contribution in [0.5, 0.6) is 0 Å². The molecule has 0 atom stereocenters. The van der Waals surface area contributed by atoms with Crippen molar-refractivity contribution < 1.29 is 18.0 Å². The van der Waals surface area contributed by atoms with Gasteiger partial charge in [-0.3, -0.25) is 4.79 Å². The van der Waals surface area contributed by atoms with Crippen LogP contribution in [0.1, 0.15) is 27.6 Å². The molecule has 0 unspecified atom stereocenters. The fraction of sp³-hybridized carbons (Fsp3) is 0.111. The number of hydrogen-bond donors (Lipinski definition) is 1. The largest absolute Gasteiger partial charge is 0.466 e. The number of aryl methyl sites for hydroxylation is 2. The molecule has 3 rings (SSSR count). The summed E-state index contributed by atoms with van der Waals surface area (Å²) in [5.41, 5.74) is 3.61. The summed E-state index contributed by atoms with van der Waals surface area (Å²) in [6, 6.07) is 11.1. The van der Waals surface area contributed by atoms with E-state index in [2.05, 4.69) is 10.5 Å². The van der Waals surface area contributed by atoms with Gasteiger partial charge in [0.2, 0.25) is 0 Å². The van der Waals surface area contributed by atoms with Gasteiger partial charge in [-0.2, -0.15) is 5.10 Å². The Morgan fingerprint density at radius 1 is 1.12 bits per heavy atom. The summed E-state index contributed by atoms with van der Waals surface area (Å²) in [6.07, 6.45) is 1.40. The first-order chi connectivity index (χ1) is 11.5. The topological polar surface area (TPSA) is 67.7 Å². The van der Waals surface area contributed by atoms with Gasteiger partial charge in [-0.05, 0) is 56.3 Å². The Bertz CT molecular complexity index is 891. The van der Waals surface area contributed by atoms with E-state index < -0.39 is 0 Å². The molecular weight excluding hydrogens is 311 g/mol. The van der Waals surface area contributed by atoms with Crippen LogP contribution in [0.25, 0.3) is 11.3 Å². The van der Waals surface area contributed by atoms with Crippen molar-refractivity contribution in [3.63, 3.8) is 0 Å². The van der Waals surface area contributed by atoms with E-state index in [4.69, 9.17) is 8.83 Å². The number of hydrazone groups is 1. The van der Waals surface area contributed by atoms with Crippen LogP contribution in [0.2, 0.25) is 0 Å². The maximum absolute atomic E-state index is 12.9. The molecule has 24 heavy (non-hydrogen) atoms. The summed E-state index contributed by atoms with van der Waals surface area (Å²) in [5, 5.41) is 3.87. The second kappa shape index (κ2) is 6.54. The van der Waals surface area contributed by atoms with Gasteiger partial charge in [0.1, 0.15) is 28.9 Å². The summed E-state index contributed by atoms with van der Waals surface area (Å²) < 4.78 is 23.8. The SMILES string of the molecule is Cc1cc(C(=O)N/N=C/c2ccc(-c3ccc(F)cc3)o2)c(C)o1. The molecule has 0 saturated heterocycles. The van der Waals surface area contributed by atoms with Crippen molar-refractivity contribution in [2.24, 2.45) is 5.10 Å². The number of amides is 1. The highest BCUT2D eigenvalue weighted by Gasteiger charge is 2.12. The van der Waals surface area contributed by atoms with Crippen LogP contribution in [0.3, 0.4) is 0 Å². The minimum absolute atomic E-state index is 0.306. The third-order valence-electron chi connectivity index (χ3n) is 3.40. The lowest BCUT2D eigenvalue weighted by molar-refractivity contribution is 0.0953. The zero-order valence-electron chi connectivity index (χ0n) is 13.2. The molecule has 1 amide bonds. The van der Waals surface area contributed by atoms with Crippen molar-refractivity contribution in [3.05, 3.63) is 71.1 Å². The van der Waals surface area contributed by atoms with Crippen molar-refractivity contribution in [1.82, 2.24) is 5.43 Å². The average Bonchev–Trinajstić information content (AvgIpc) is 3.14. The molecule has 5 nitrogen and oxygen atoms in total. The van der Waals surface area contributed by atoms with Crippen molar-refractivity contribution in [2.45, 2.75) is 13.8 Å². The predicted molar refractivity (Wildman–Crippen MR) is 87.3 cm³/mol. The van der Waals surface area contributed by atoms with Crippen LogP contribution in [0, 0.1) is 19.7 Å². The number of carbonyl (C=O) groups excluding carboxylic acids is 1. The number of benzene rings is 1. The number of hydrogen-bond acceptors (Lipinski definition) is 4. The molecule has 3 aromatic rings. The Labute approximate surface area is 137 Å². The van der Waals surface area contributed by atoms with Gasteiger partial charge in [0.05, 0.1) is 11.8 Å². The number of halogens is 1. The average molecular weight is 326 g/mol.